The molecule has 0 aliphatic rings. The first-order chi connectivity index (χ1) is 7.76. The van der Waals surface area contributed by atoms with Crippen LogP contribution in [0.3, 0.4) is 0 Å². The third-order valence-corrected chi connectivity index (χ3v) is 3.51. The van der Waals surface area contributed by atoms with E-state index in [0.29, 0.717) is 0 Å². The summed E-state index contributed by atoms with van der Waals surface area (Å²) >= 11 is 1.55. The molecule has 0 fully saturated rings. The summed E-state index contributed by atoms with van der Waals surface area (Å²) in [5.74, 6) is -0.367. The zero-order chi connectivity index (χ0) is 11.5. The summed E-state index contributed by atoms with van der Waals surface area (Å²) in [5.41, 5.74) is 0. The van der Waals surface area contributed by atoms with Crippen molar-refractivity contribution in [3.8, 4) is 0 Å². The lowest BCUT2D eigenvalue weighted by atomic mass is 10.2. The van der Waals surface area contributed by atoms with Gasteiger partial charge in [-0.1, -0.05) is 18.2 Å². The summed E-state index contributed by atoms with van der Waals surface area (Å²) in [7, 11) is 2.87. The van der Waals surface area contributed by atoms with E-state index in [9.17, 15) is 4.79 Å². The SMILES string of the molecule is COC(=O)C(OC)c1cc2ccccc2s1. The Morgan fingerprint density at radius 3 is 2.69 bits per heavy atom. The number of methoxy groups -OCH3 is 2. The van der Waals surface area contributed by atoms with Gasteiger partial charge in [-0.05, 0) is 17.5 Å². The smallest absolute Gasteiger partial charge is 0.340 e. The second-order valence-corrected chi connectivity index (χ2v) is 4.44. The number of esters is 1. The molecular weight excluding hydrogens is 224 g/mol. The maximum absolute atomic E-state index is 11.5. The van der Waals surface area contributed by atoms with Crippen LogP contribution in [0.5, 0.6) is 0 Å². The van der Waals surface area contributed by atoms with Gasteiger partial charge in [-0.15, -0.1) is 11.3 Å². The van der Waals surface area contributed by atoms with Crippen molar-refractivity contribution in [2.24, 2.45) is 0 Å². The molecule has 2 rings (SSSR count). The molecule has 0 spiro atoms. The van der Waals surface area contributed by atoms with Crippen LogP contribution in [-0.4, -0.2) is 20.2 Å². The van der Waals surface area contributed by atoms with E-state index in [4.69, 9.17) is 9.47 Å². The molecule has 0 aliphatic heterocycles. The number of hydrogen-bond acceptors (Lipinski definition) is 4. The predicted molar refractivity (Wildman–Crippen MR) is 63.6 cm³/mol. The number of carbonyl (C=O) groups excluding carboxylic acids is 1. The molecule has 2 aromatic rings. The Hall–Kier alpha value is -1.39. The monoisotopic (exact) mass is 236 g/mol. The minimum absolute atomic E-state index is 0.367. The molecule has 1 unspecified atom stereocenters. The average molecular weight is 236 g/mol. The van der Waals surface area contributed by atoms with Gasteiger partial charge in [0.15, 0.2) is 6.10 Å². The highest BCUT2D eigenvalue weighted by atomic mass is 32.1. The summed E-state index contributed by atoms with van der Waals surface area (Å²) < 4.78 is 11.0. The molecule has 84 valence electrons. The van der Waals surface area contributed by atoms with E-state index in [-0.39, 0.29) is 5.97 Å². The first kappa shape index (κ1) is 11.1. The molecule has 3 nitrogen and oxygen atoms in total. The zero-order valence-corrected chi connectivity index (χ0v) is 9.91. The van der Waals surface area contributed by atoms with Crippen molar-refractivity contribution in [1.82, 2.24) is 0 Å². The van der Waals surface area contributed by atoms with Gasteiger partial charge in [0.1, 0.15) is 0 Å². The number of hydrogen-bond donors (Lipinski definition) is 0. The fourth-order valence-corrected chi connectivity index (χ4v) is 2.70. The second kappa shape index (κ2) is 4.63. The normalized spacial score (nSPS) is 12.6. The van der Waals surface area contributed by atoms with Crippen LogP contribution >= 0.6 is 11.3 Å². The molecule has 0 bridgehead atoms. The largest absolute Gasteiger partial charge is 0.467 e. The van der Waals surface area contributed by atoms with Gasteiger partial charge in [0.05, 0.1) is 7.11 Å². The van der Waals surface area contributed by atoms with Crippen LogP contribution in [0.1, 0.15) is 11.0 Å². The first-order valence-electron chi connectivity index (χ1n) is 4.85. The Kier molecular flexibility index (Phi) is 3.22. The number of carbonyl (C=O) groups is 1. The maximum Gasteiger partial charge on any atom is 0.340 e. The molecule has 1 heterocycles. The maximum atomic E-state index is 11.5. The highest BCUT2D eigenvalue weighted by Crippen LogP contribution is 2.31. The van der Waals surface area contributed by atoms with Crippen LogP contribution in [-0.2, 0) is 14.3 Å². The summed E-state index contributed by atoms with van der Waals surface area (Å²) in [6.45, 7) is 0. The number of benzene rings is 1. The number of ether oxygens (including phenoxy) is 2. The van der Waals surface area contributed by atoms with Crippen LogP contribution in [0.2, 0.25) is 0 Å². The van der Waals surface area contributed by atoms with E-state index in [0.717, 1.165) is 15.0 Å². The van der Waals surface area contributed by atoms with E-state index in [1.165, 1.54) is 14.2 Å². The van der Waals surface area contributed by atoms with Gasteiger partial charge in [0, 0.05) is 16.7 Å². The summed E-state index contributed by atoms with van der Waals surface area (Å²) in [4.78, 5) is 12.4. The Morgan fingerprint density at radius 2 is 2.06 bits per heavy atom. The van der Waals surface area contributed by atoms with Gasteiger partial charge in [-0.25, -0.2) is 4.79 Å². The summed E-state index contributed by atoms with van der Waals surface area (Å²) in [6, 6.07) is 9.94. The van der Waals surface area contributed by atoms with E-state index in [2.05, 4.69) is 0 Å². The molecule has 0 N–H and O–H groups in total. The fourth-order valence-electron chi connectivity index (χ4n) is 1.57. The van der Waals surface area contributed by atoms with Crippen molar-refractivity contribution in [3.63, 3.8) is 0 Å². The molecule has 16 heavy (non-hydrogen) atoms. The van der Waals surface area contributed by atoms with E-state index in [1.807, 2.05) is 30.3 Å². The van der Waals surface area contributed by atoms with Crippen molar-refractivity contribution >= 4 is 27.4 Å². The second-order valence-electron chi connectivity index (χ2n) is 3.33. The molecule has 1 aromatic carbocycles. The summed E-state index contributed by atoms with van der Waals surface area (Å²) in [5, 5.41) is 1.12. The molecule has 0 amide bonds. The Morgan fingerprint density at radius 1 is 1.31 bits per heavy atom. The van der Waals surface area contributed by atoms with Gasteiger partial charge >= 0.3 is 5.97 Å². The zero-order valence-electron chi connectivity index (χ0n) is 9.10. The Balaban J connectivity index is 2.41. The lowest BCUT2D eigenvalue weighted by Gasteiger charge is -2.09. The van der Waals surface area contributed by atoms with E-state index in [1.54, 1.807) is 11.3 Å². The van der Waals surface area contributed by atoms with Crippen molar-refractivity contribution in [2.45, 2.75) is 6.10 Å². The Labute approximate surface area is 97.6 Å². The molecular formula is C12H12O3S. The number of thiophene rings is 1. The van der Waals surface area contributed by atoms with Gasteiger partial charge in [-0.3, -0.25) is 0 Å². The van der Waals surface area contributed by atoms with Gasteiger partial charge in [0.25, 0.3) is 0 Å². The van der Waals surface area contributed by atoms with Crippen LogP contribution in [0.15, 0.2) is 30.3 Å². The van der Waals surface area contributed by atoms with Gasteiger partial charge in [-0.2, -0.15) is 0 Å². The minimum atomic E-state index is -0.623. The topological polar surface area (TPSA) is 35.5 Å². The average Bonchev–Trinajstić information content (AvgIpc) is 2.72. The third kappa shape index (κ3) is 1.94. The fraction of sp³-hybridized carbons (Fsp3) is 0.250. The molecule has 1 aromatic heterocycles. The molecule has 1 atom stereocenters. The molecule has 0 aliphatic carbocycles. The third-order valence-electron chi connectivity index (χ3n) is 2.35. The predicted octanol–water partition coefficient (Wildman–Crippen LogP) is 2.76. The van der Waals surface area contributed by atoms with E-state index >= 15 is 0 Å². The van der Waals surface area contributed by atoms with Crippen molar-refractivity contribution < 1.29 is 14.3 Å². The van der Waals surface area contributed by atoms with Gasteiger partial charge in [0.2, 0.25) is 0 Å². The number of fused-ring (bicyclic) bond motifs is 1. The van der Waals surface area contributed by atoms with Crippen LogP contribution in [0, 0.1) is 0 Å². The molecule has 4 heteroatoms. The minimum Gasteiger partial charge on any atom is -0.467 e. The first-order valence-corrected chi connectivity index (χ1v) is 5.67. The lowest BCUT2D eigenvalue weighted by Crippen LogP contribution is -2.14. The van der Waals surface area contributed by atoms with Crippen LogP contribution < -0.4 is 0 Å². The number of rotatable bonds is 3. The lowest BCUT2D eigenvalue weighted by molar-refractivity contribution is -0.152. The standard InChI is InChI=1S/C12H12O3S/c1-14-11(12(13)15-2)10-7-8-5-3-4-6-9(8)16-10/h3-7,11H,1-2H3. The summed E-state index contributed by atoms with van der Waals surface area (Å²) in [6.07, 6.45) is -0.623. The molecule has 0 saturated carbocycles. The van der Waals surface area contributed by atoms with Crippen molar-refractivity contribution in [3.05, 3.63) is 35.2 Å². The Bertz CT molecular complexity index is 471. The quantitative estimate of drug-likeness (QED) is 0.769. The molecule has 0 radical (unpaired) electrons. The van der Waals surface area contributed by atoms with Gasteiger partial charge < -0.3 is 9.47 Å². The highest BCUT2D eigenvalue weighted by Gasteiger charge is 2.22. The molecule has 0 saturated heterocycles. The van der Waals surface area contributed by atoms with Crippen molar-refractivity contribution in [2.75, 3.05) is 14.2 Å². The van der Waals surface area contributed by atoms with E-state index < -0.39 is 6.10 Å². The van der Waals surface area contributed by atoms with Crippen molar-refractivity contribution in [1.29, 1.82) is 0 Å². The van der Waals surface area contributed by atoms with Crippen LogP contribution in [0.25, 0.3) is 10.1 Å². The van der Waals surface area contributed by atoms with Crippen LogP contribution in [0.4, 0.5) is 0 Å². The highest BCUT2D eigenvalue weighted by molar-refractivity contribution is 7.19.